The van der Waals surface area contributed by atoms with E-state index in [4.69, 9.17) is 0 Å². The first-order valence-electron chi connectivity index (χ1n) is 4.18. The van der Waals surface area contributed by atoms with Gasteiger partial charge in [0.25, 0.3) is 0 Å². The zero-order valence-electron chi connectivity index (χ0n) is 7.76. The van der Waals surface area contributed by atoms with E-state index < -0.39 is 0 Å². The molecule has 0 saturated heterocycles. The highest BCUT2D eigenvalue weighted by Crippen LogP contribution is 2.14. The Bertz CT molecular complexity index is 236. The van der Waals surface area contributed by atoms with E-state index in [1.807, 2.05) is 11.7 Å². The van der Waals surface area contributed by atoms with Crippen LogP contribution in [0.15, 0.2) is 6.07 Å². The van der Waals surface area contributed by atoms with Crippen molar-refractivity contribution in [2.45, 2.75) is 33.1 Å². The topological polar surface area (TPSA) is 17.8 Å². The van der Waals surface area contributed by atoms with Crippen LogP contribution in [0.1, 0.15) is 38.1 Å². The van der Waals surface area contributed by atoms with Crippen LogP contribution in [0.5, 0.6) is 0 Å². The van der Waals surface area contributed by atoms with Crippen molar-refractivity contribution in [2.75, 3.05) is 0 Å². The summed E-state index contributed by atoms with van der Waals surface area (Å²) in [6.07, 6.45) is 1.03. The Kier molecular flexibility index (Phi) is 2.32. The fourth-order valence-electron chi connectivity index (χ4n) is 1.26. The molecule has 0 aliphatic carbocycles. The Balaban J connectivity index is 2.97. The highest BCUT2D eigenvalue weighted by Gasteiger charge is 2.06. The minimum absolute atomic E-state index is 0.577. The van der Waals surface area contributed by atoms with Gasteiger partial charge in [-0.3, -0.25) is 4.68 Å². The second-order valence-corrected chi connectivity index (χ2v) is 3.19. The minimum Gasteiger partial charge on any atom is -0.272 e. The average molecular weight is 152 g/mol. The summed E-state index contributed by atoms with van der Waals surface area (Å²) in [4.78, 5) is 0. The van der Waals surface area contributed by atoms with Crippen molar-refractivity contribution in [3.63, 3.8) is 0 Å². The van der Waals surface area contributed by atoms with Crippen molar-refractivity contribution >= 4 is 0 Å². The summed E-state index contributed by atoms with van der Waals surface area (Å²) >= 11 is 0. The molecule has 1 aromatic rings. The highest BCUT2D eigenvalue weighted by atomic mass is 15.3. The van der Waals surface area contributed by atoms with Crippen LogP contribution in [0.3, 0.4) is 0 Å². The number of hydrogen-bond acceptors (Lipinski definition) is 1. The largest absolute Gasteiger partial charge is 0.272 e. The van der Waals surface area contributed by atoms with Crippen LogP contribution in [-0.2, 0) is 13.5 Å². The van der Waals surface area contributed by atoms with E-state index >= 15 is 0 Å². The monoisotopic (exact) mass is 152 g/mol. The van der Waals surface area contributed by atoms with E-state index in [-0.39, 0.29) is 0 Å². The van der Waals surface area contributed by atoms with Crippen LogP contribution >= 0.6 is 0 Å². The highest BCUT2D eigenvalue weighted by molar-refractivity contribution is 5.13. The standard InChI is InChI=1S/C9H16N2/c1-5-8-6-9(7(2)3)11(4)10-8/h6-7H,5H2,1-4H3. The maximum absolute atomic E-state index is 4.37. The molecule has 2 heteroatoms. The van der Waals surface area contributed by atoms with Gasteiger partial charge in [-0.2, -0.15) is 5.10 Å². The number of aromatic nitrogens is 2. The lowest BCUT2D eigenvalue weighted by Gasteiger charge is -2.02. The lowest BCUT2D eigenvalue weighted by Crippen LogP contribution is -1.99. The van der Waals surface area contributed by atoms with Crippen molar-refractivity contribution < 1.29 is 0 Å². The van der Waals surface area contributed by atoms with Crippen LogP contribution in [0.4, 0.5) is 0 Å². The molecule has 62 valence electrons. The van der Waals surface area contributed by atoms with Crippen molar-refractivity contribution in [1.82, 2.24) is 9.78 Å². The second kappa shape index (κ2) is 3.07. The maximum atomic E-state index is 4.37. The predicted molar refractivity (Wildman–Crippen MR) is 46.7 cm³/mol. The molecule has 0 fully saturated rings. The molecule has 0 atom stereocenters. The average Bonchev–Trinajstić information content (AvgIpc) is 2.30. The SMILES string of the molecule is CCc1cc(C(C)C)n(C)n1. The van der Waals surface area contributed by atoms with Gasteiger partial charge in [0.15, 0.2) is 0 Å². The lowest BCUT2D eigenvalue weighted by molar-refractivity contribution is 0.662. The molecule has 0 aliphatic rings. The fraction of sp³-hybridized carbons (Fsp3) is 0.667. The Morgan fingerprint density at radius 3 is 2.45 bits per heavy atom. The molecule has 2 nitrogen and oxygen atoms in total. The third kappa shape index (κ3) is 1.62. The molecule has 0 aliphatic heterocycles. The quantitative estimate of drug-likeness (QED) is 0.634. The van der Waals surface area contributed by atoms with E-state index in [0.29, 0.717) is 5.92 Å². The van der Waals surface area contributed by atoms with Crippen LogP contribution in [0.25, 0.3) is 0 Å². The van der Waals surface area contributed by atoms with Gasteiger partial charge in [-0.05, 0) is 18.4 Å². The molecule has 11 heavy (non-hydrogen) atoms. The molecule has 0 bridgehead atoms. The zero-order valence-corrected chi connectivity index (χ0v) is 7.76. The van der Waals surface area contributed by atoms with Crippen molar-refractivity contribution in [2.24, 2.45) is 7.05 Å². The van der Waals surface area contributed by atoms with Gasteiger partial charge in [0, 0.05) is 12.7 Å². The smallest absolute Gasteiger partial charge is 0.0624 e. The molecule has 0 amide bonds. The molecule has 1 heterocycles. The third-order valence-electron chi connectivity index (χ3n) is 1.92. The van der Waals surface area contributed by atoms with Gasteiger partial charge in [-0.1, -0.05) is 20.8 Å². The summed E-state index contributed by atoms with van der Waals surface area (Å²) in [5.41, 5.74) is 2.51. The fourth-order valence-corrected chi connectivity index (χ4v) is 1.26. The van der Waals surface area contributed by atoms with Crippen LogP contribution in [-0.4, -0.2) is 9.78 Å². The Hall–Kier alpha value is -0.790. The van der Waals surface area contributed by atoms with Gasteiger partial charge in [0.2, 0.25) is 0 Å². The summed E-state index contributed by atoms with van der Waals surface area (Å²) < 4.78 is 1.98. The molecular formula is C9H16N2. The predicted octanol–water partition coefficient (Wildman–Crippen LogP) is 2.11. The summed E-state index contributed by atoms with van der Waals surface area (Å²) in [7, 11) is 2.01. The number of hydrogen-bond donors (Lipinski definition) is 0. The van der Waals surface area contributed by atoms with E-state index in [1.54, 1.807) is 0 Å². The maximum Gasteiger partial charge on any atom is 0.0624 e. The molecule has 0 N–H and O–H groups in total. The molecule has 1 aromatic heterocycles. The number of aryl methyl sites for hydroxylation is 2. The Labute approximate surface area is 68.2 Å². The first-order chi connectivity index (χ1) is 5.15. The van der Waals surface area contributed by atoms with Gasteiger partial charge in [0.1, 0.15) is 0 Å². The van der Waals surface area contributed by atoms with E-state index in [1.165, 1.54) is 11.4 Å². The van der Waals surface area contributed by atoms with Crippen LogP contribution in [0, 0.1) is 0 Å². The third-order valence-corrected chi connectivity index (χ3v) is 1.92. The molecule has 0 radical (unpaired) electrons. The van der Waals surface area contributed by atoms with Gasteiger partial charge in [-0.25, -0.2) is 0 Å². The van der Waals surface area contributed by atoms with E-state index in [9.17, 15) is 0 Å². The first kappa shape index (κ1) is 8.31. The van der Waals surface area contributed by atoms with Crippen molar-refractivity contribution in [3.8, 4) is 0 Å². The summed E-state index contributed by atoms with van der Waals surface area (Å²) in [5.74, 6) is 0.577. The first-order valence-corrected chi connectivity index (χ1v) is 4.18. The Morgan fingerprint density at radius 1 is 1.55 bits per heavy atom. The van der Waals surface area contributed by atoms with Crippen molar-refractivity contribution in [1.29, 1.82) is 0 Å². The van der Waals surface area contributed by atoms with Crippen molar-refractivity contribution in [3.05, 3.63) is 17.5 Å². The van der Waals surface area contributed by atoms with Crippen LogP contribution in [0.2, 0.25) is 0 Å². The molecule has 0 spiro atoms. The minimum atomic E-state index is 0.577. The van der Waals surface area contributed by atoms with E-state index in [2.05, 4.69) is 31.9 Å². The van der Waals surface area contributed by atoms with Gasteiger partial charge in [0.05, 0.1) is 5.69 Å². The molecule has 0 saturated carbocycles. The zero-order chi connectivity index (χ0) is 8.43. The number of nitrogens with zero attached hydrogens (tertiary/aromatic N) is 2. The summed E-state index contributed by atoms with van der Waals surface area (Å²) in [6, 6.07) is 2.19. The van der Waals surface area contributed by atoms with Crippen LogP contribution < -0.4 is 0 Å². The molecule has 1 rings (SSSR count). The molecule has 0 unspecified atom stereocenters. The lowest BCUT2D eigenvalue weighted by atomic mass is 10.1. The summed E-state index contributed by atoms with van der Waals surface area (Å²) in [5, 5.41) is 4.37. The van der Waals surface area contributed by atoms with Gasteiger partial charge in [-0.15, -0.1) is 0 Å². The van der Waals surface area contributed by atoms with Gasteiger partial charge >= 0.3 is 0 Å². The van der Waals surface area contributed by atoms with E-state index in [0.717, 1.165) is 6.42 Å². The number of rotatable bonds is 2. The molecular weight excluding hydrogens is 136 g/mol. The normalized spacial score (nSPS) is 11.0. The van der Waals surface area contributed by atoms with Gasteiger partial charge < -0.3 is 0 Å². The Morgan fingerprint density at radius 2 is 2.18 bits per heavy atom. The summed E-state index contributed by atoms with van der Waals surface area (Å²) in [6.45, 7) is 6.51. The second-order valence-electron chi connectivity index (χ2n) is 3.19. The molecule has 0 aromatic carbocycles.